The van der Waals surface area contributed by atoms with Gasteiger partial charge in [-0.1, -0.05) is 29.8 Å². The molecule has 0 saturated heterocycles. The van der Waals surface area contributed by atoms with Crippen LogP contribution in [-0.4, -0.2) is 35.1 Å². The van der Waals surface area contributed by atoms with Crippen molar-refractivity contribution in [3.8, 4) is 11.3 Å². The number of amides is 1. The van der Waals surface area contributed by atoms with Gasteiger partial charge >= 0.3 is 0 Å². The average Bonchev–Trinajstić information content (AvgIpc) is 2.67. The zero-order chi connectivity index (χ0) is 21.5. The Balaban J connectivity index is 1.77. The summed E-state index contributed by atoms with van der Waals surface area (Å²) in [7, 11) is 1.96. The molecule has 7 nitrogen and oxygen atoms in total. The number of halogens is 1. The molecule has 3 aromatic rings. The van der Waals surface area contributed by atoms with Crippen LogP contribution in [0.2, 0.25) is 5.15 Å². The maximum absolute atomic E-state index is 12.4. The molecular formula is C19H17ClN6O. The van der Waals surface area contributed by atoms with Gasteiger partial charge in [-0.25, -0.2) is 0 Å². The van der Waals surface area contributed by atoms with Crippen LogP contribution in [0, 0.1) is 0 Å². The van der Waals surface area contributed by atoms with Crippen LogP contribution < -0.4 is 15.5 Å². The number of fused-ring (bicyclic) bond motifs is 3. The van der Waals surface area contributed by atoms with E-state index in [9.17, 15) is 4.79 Å². The van der Waals surface area contributed by atoms with Gasteiger partial charge in [0.25, 0.3) is 5.91 Å². The van der Waals surface area contributed by atoms with Gasteiger partial charge in [0.2, 0.25) is 0 Å². The van der Waals surface area contributed by atoms with Gasteiger partial charge in [0.1, 0.15) is 0 Å². The summed E-state index contributed by atoms with van der Waals surface area (Å²) >= 11 is 5.98. The molecule has 1 aliphatic rings. The SMILES string of the molecule is [2H]C([2H])([2H])NC(=O)c1nnc(Cl)cc1Nc1cccc2c1N(C)Cc1cccnc1-2. The van der Waals surface area contributed by atoms with Gasteiger partial charge in [0.15, 0.2) is 10.8 Å². The van der Waals surface area contributed by atoms with E-state index in [0.717, 1.165) is 22.5 Å². The van der Waals surface area contributed by atoms with Gasteiger partial charge in [-0.05, 0) is 17.7 Å². The molecule has 3 heterocycles. The predicted molar refractivity (Wildman–Crippen MR) is 105 cm³/mol. The molecule has 0 saturated carbocycles. The number of hydrogen-bond donors (Lipinski definition) is 2. The fourth-order valence-corrected chi connectivity index (χ4v) is 3.37. The third kappa shape index (κ3) is 3.06. The summed E-state index contributed by atoms with van der Waals surface area (Å²) in [5.74, 6) is -0.883. The Kier molecular flexibility index (Phi) is 3.53. The number of nitrogens with one attached hydrogen (secondary N) is 2. The third-order valence-electron chi connectivity index (χ3n) is 4.33. The Bertz CT molecular complexity index is 1140. The number of anilines is 3. The van der Waals surface area contributed by atoms with Crippen molar-refractivity contribution in [2.45, 2.75) is 6.54 Å². The molecule has 0 spiro atoms. The van der Waals surface area contributed by atoms with Crippen LogP contribution in [0.15, 0.2) is 42.6 Å². The summed E-state index contributed by atoms with van der Waals surface area (Å²) in [5.41, 5.74) is 4.58. The van der Waals surface area contributed by atoms with Crippen LogP contribution in [0.4, 0.5) is 17.1 Å². The Labute approximate surface area is 165 Å². The van der Waals surface area contributed by atoms with Gasteiger partial charge in [-0.15, -0.1) is 10.2 Å². The van der Waals surface area contributed by atoms with Crippen LogP contribution >= 0.6 is 11.6 Å². The molecule has 1 aliphatic heterocycles. The molecule has 1 aromatic carbocycles. The Morgan fingerprint density at radius 3 is 3.00 bits per heavy atom. The highest BCUT2D eigenvalue weighted by Crippen LogP contribution is 2.42. The summed E-state index contributed by atoms with van der Waals surface area (Å²) in [6.07, 6.45) is 1.75. The molecule has 27 heavy (non-hydrogen) atoms. The molecule has 8 heteroatoms. The second-order valence-electron chi connectivity index (χ2n) is 6.08. The predicted octanol–water partition coefficient (Wildman–Crippen LogP) is 3.25. The number of rotatable bonds is 3. The van der Waals surface area contributed by atoms with Gasteiger partial charge in [0.05, 0.1) is 22.8 Å². The molecule has 0 bridgehead atoms. The van der Waals surface area contributed by atoms with E-state index in [1.807, 2.05) is 42.7 Å². The number of pyridine rings is 1. The molecule has 0 radical (unpaired) electrons. The van der Waals surface area contributed by atoms with E-state index < -0.39 is 12.9 Å². The molecule has 0 atom stereocenters. The summed E-state index contributed by atoms with van der Waals surface area (Å²) in [4.78, 5) is 19.0. The largest absolute Gasteiger partial charge is 0.368 e. The number of aromatic nitrogens is 3. The first-order valence-corrected chi connectivity index (χ1v) is 8.52. The third-order valence-corrected chi connectivity index (χ3v) is 4.52. The maximum Gasteiger partial charge on any atom is 0.273 e. The molecule has 0 fully saturated rings. The second kappa shape index (κ2) is 6.85. The normalized spacial score (nSPS) is 14.3. The van der Waals surface area contributed by atoms with E-state index in [1.165, 1.54) is 6.07 Å². The van der Waals surface area contributed by atoms with Gasteiger partial charge in [0, 0.05) is 42.5 Å². The Morgan fingerprint density at radius 2 is 2.15 bits per heavy atom. The molecule has 0 aliphatic carbocycles. The number of carbonyl (C=O) groups is 1. The van der Waals surface area contributed by atoms with Crippen LogP contribution in [0.3, 0.4) is 0 Å². The lowest BCUT2D eigenvalue weighted by Crippen LogP contribution is -2.24. The minimum absolute atomic E-state index is 0.0631. The topological polar surface area (TPSA) is 83.0 Å². The van der Waals surface area contributed by atoms with Crippen molar-refractivity contribution in [2.24, 2.45) is 0 Å². The quantitative estimate of drug-likeness (QED) is 0.722. The first-order chi connectivity index (χ1) is 14.2. The molecular weight excluding hydrogens is 364 g/mol. The lowest BCUT2D eigenvalue weighted by Gasteiger charge is -2.31. The van der Waals surface area contributed by atoms with E-state index in [4.69, 9.17) is 15.7 Å². The summed E-state index contributed by atoms with van der Waals surface area (Å²) in [5, 5.41) is 12.6. The highest BCUT2D eigenvalue weighted by molar-refractivity contribution is 6.29. The summed E-state index contributed by atoms with van der Waals surface area (Å²) in [6.45, 7) is -1.99. The smallest absolute Gasteiger partial charge is 0.273 e. The molecule has 2 aromatic heterocycles. The van der Waals surface area contributed by atoms with E-state index in [0.29, 0.717) is 12.2 Å². The lowest BCUT2D eigenvalue weighted by atomic mass is 9.97. The van der Waals surface area contributed by atoms with E-state index >= 15 is 0 Å². The molecule has 2 N–H and O–H groups in total. The average molecular weight is 384 g/mol. The first kappa shape index (κ1) is 13.9. The molecule has 1 amide bonds. The lowest BCUT2D eigenvalue weighted by molar-refractivity contribution is 0.0958. The summed E-state index contributed by atoms with van der Waals surface area (Å²) < 4.78 is 21.8. The Hall–Kier alpha value is -3.19. The number of benzene rings is 1. The zero-order valence-electron chi connectivity index (χ0n) is 17.3. The maximum atomic E-state index is 12.4. The fourth-order valence-electron chi connectivity index (χ4n) is 3.23. The molecule has 136 valence electrons. The van der Waals surface area contributed by atoms with Crippen LogP contribution in [-0.2, 0) is 6.54 Å². The standard InChI is InChI=1S/C19H17ClN6O/c1-21-19(27)17-14(9-15(20)24-25-17)23-13-7-3-6-12-16-11(5-4-8-22-16)10-26(2)18(12)13/h3-9H,10H2,1-2H3,(H,21,27)(H,23,24)/i1D3. The fraction of sp³-hybridized carbons (Fsp3) is 0.158. The number of para-hydroxylation sites is 1. The molecule has 0 unspecified atom stereocenters. The van der Waals surface area contributed by atoms with Crippen molar-refractivity contribution < 1.29 is 8.91 Å². The second-order valence-corrected chi connectivity index (χ2v) is 6.46. The van der Waals surface area contributed by atoms with Crippen LogP contribution in [0.25, 0.3) is 11.3 Å². The number of hydrogen-bond acceptors (Lipinski definition) is 6. The van der Waals surface area contributed by atoms with Crippen molar-refractivity contribution >= 4 is 34.6 Å². The van der Waals surface area contributed by atoms with E-state index in [-0.39, 0.29) is 16.5 Å². The monoisotopic (exact) mass is 383 g/mol. The first-order valence-electron chi connectivity index (χ1n) is 9.64. The van der Waals surface area contributed by atoms with Crippen molar-refractivity contribution in [2.75, 3.05) is 24.2 Å². The molecule has 4 rings (SSSR count). The van der Waals surface area contributed by atoms with E-state index in [2.05, 4.69) is 25.4 Å². The number of nitrogens with zero attached hydrogens (tertiary/aromatic N) is 4. The van der Waals surface area contributed by atoms with Gasteiger partial charge < -0.3 is 15.5 Å². The Morgan fingerprint density at radius 1 is 1.26 bits per heavy atom. The van der Waals surface area contributed by atoms with Crippen LogP contribution in [0.1, 0.15) is 20.2 Å². The van der Waals surface area contributed by atoms with Crippen LogP contribution in [0.5, 0.6) is 0 Å². The van der Waals surface area contributed by atoms with Crippen molar-refractivity contribution in [3.05, 3.63) is 59.0 Å². The van der Waals surface area contributed by atoms with Gasteiger partial charge in [-0.3, -0.25) is 9.78 Å². The van der Waals surface area contributed by atoms with Crippen molar-refractivity contribution in [3.63, 3.8) is 0 Å². The highest BCUT2D eigenvalue weighted by Gasteiger charge is 2.24. The van der Waals surface area contributed by atoms with Crippen molar-refractivity contribution in [1.82, 2.24) is 20.5 Å². The van der Waals surface area contributed by atoms with Gasteiger partial charge in [-0.2, -0.15) is 0 Å². The van der Waals surface area contributed by atoms with E-state index in [1.54, 1.807) is 6.20 Å². The highest BCUT2D eigenvalue weighted by atomic mass is 35.5. The zero-order valence-corrected chi connectivity index (χ0v) is 15.1. The minimum atomic E-state index is -2.66. The minimum Gasteiger partial charge on any atom is -0.368 e. The van der Waals surface area contributed by atoms with Crippen molar-refractivity contribution in [1.29, 1.82) is 0 Å². The summed E-state index contributed by atoms with van der Waals surface area (Å²) in [6, 6.07) is 11.1. The number of carbonyl (C=O) groups excluding carboxylic acids is 1.